The zero-order chi connectivity index (χ0) is 21.6. The zero-order valence-corrected chi connectivity index (χ0v) is 18.5. The van der Waals surface area contributed by atoms with Crippen LogP contribution in [0.1, 0.15) is 48.5 Å². The molecule has 1 N–H and O–H groups in total. The summed E-state index contributed by atoms with van der Waals surface area (Å²) in [6.07, 6.45) is 6.74. The van der Waals surface area contributed by atoms with Crippen LogP contribution in [0, 0.1) is 0 Å². The summed E-state index contributed by atoms with van der Waals surface area (Å²) in [4.78, 5) is 15.2. The summed E-state index contributed by atoms with van der Waals surface area (Å²) in [5.74, 6) is 0.802. The van der Waals surface area contributed by atoms with E-state index in [2.05, 4.69) is 28.3 Å². The first-order valence-corrected chi connectivity index (χ1v) is 11.2. The van der Waals surface area contributed by atoms with Gasteiger partial charge in [0.2, 0.25) is 0 Å². The third-order valence-electron chi connectivity index (χ3n) is 6.22. The summed E-state index contributed by atoms with van der Waals surface area (Å²) in [5.41, 5.74) is 2.73. The molecule has 1 aliphatic rings. The molecule has 1 aliphatic heterocycles. The molecule has 2 heterocycles. The Morgan fingerprint density at radius 1 is 1.23 bits per heavy atom. The Hall–Kier alpha value is -2.86. The van der Waals surface area contributed by atoms with Crippen molar-refractivity contribution in [3.63, 3.8) is 0 Å². The van der Waals surface area contributed by atoms with Crippen LogP contribution in [0.25, 0.3) is 10.9 Å². The molecule has 1 amide bonds. The van der Waals surface area contributed by atoms with Gasteiger partial charge in [-0.3, -0.25) is 9.48 Å². The fourth-order valence-corrected chi connectivity index (χ4v) is 4.36. The van der Waals surface area contributed by atoms with Gasteiger partial charge in [0.15, 0.2) is 0 Å². The van der Waals surface area contributed by atoms with E-state index in [4.69, 9.17) is 4.74 Å². The minimum atomic E-state index is -0.0253. The van der Waals surface area contributed by atoms with Crippen LogP contribution in [-0.4, -0.2) is 53.4 Å². The number of hydrogen-bond acceptors (Lipinski definition) is 4. The Morgan fingerprint density at radius 2 is 2.13 bits per heavy atom. The fourth-order valence-electron chi connectivity index (χ4n) is 4.36. The van der Waals surface area contributed by atoms with Crippen molar-refractivity contribution in [2.24, 2.45) is 0 Å². The number of piperidine rings is 1. The minimum Gasteiger partial charge on any atom is -0.497 e. The highest BCUT2D eigenvalue weighted by atomic mass is 16.5. The van der Waals surface area contributed by atoms with Gasteiger partial charge in [0, 0.05) is 30.1 Å². The molecule has 1 fully saturated rings. The number of amides is 1. The molecule has 2 aromatic carbocycles. The highest BCUT2D eigenvalue weighted by Gasteiger charge is 2.17. The molecule has 1 unspecified atom stereocenters. The van der Waals surface area contributed by atoms with Crippen LogP contribution < -0.4 is 10.1 Å². The maximum Gasteiger partial charge on any atom is 0.251 e. The van der Waals surface area contributed by atoms with Gasteiger partial charge >= 0.3 is 0 Å². The van der Waals surface area contributed by atoms with E-state index < -0.39 is 0 Å². The van der Waals surface area contributed by atoms with Crippen molar-refractivity contribution in [2.75, 3.05) is 26.7 Å². The molecule has 6 heteroatoms. The topological polar surface area (TPSA) is 59.4 Å². The van der Waals surface area contributed by atoms with E-state index in [0.717, 1.165) is 35.2 Å². The normalized spacial score (nSPS) is 17.0. The second-order valence-electron chi connectivity index (χ2n) is 8.42. The Labute approximate surface area is 184 Å². The van der Waals surface area contributed by atoms with Crippen LogP contribution >= 0.6 is 0 Å². The number of ether oxygens (including phenoxy) is 1. The van der Waals surface area contributed by atoms with Crippen LogP contribution in [0.15, 0.2) is 48.7 Å². The summed E-state index contributed by atoms with van der Waals surface area (Å²) < 4.78 is 7.25. The summed E-state index contributed by atoms with van der Waals surface area (Å²) in [6, 6.07) is 14.4. The molecular weight excluding hydrogens is 388 g/mol. The number of likely N-dealkylation sites (tertiary alicyclic amines) is 1. The van der Waals surface area contributed by atoms with E-state index in [-0.39, 0.29) is 5.91 Å². The predicted octanol–water partition coefficient (Wildman–Crippen LogP) is 4.09. The van der Waals surface area contributed by atoms with Crippen molar-refractivity contribution >= 4 is 16.8 Å². The molecule has 1 saturated heterocycles. The lowest BCUT2D eigenvalue weighted by Crippen LogP contribution is -2.39. The fraction of sp³-hybridized carbons (Fsp3) is 0.440. The van der Waals surface area contributed by atoms with E-state index >= 15 is 0 Å². The van der Waals surface area contributed by atoms with Gasteiger partial charge < -0.3 is 15.0 Å². The van der Waals surface area contributed by atoms with E-state index in [9.17, 15) is 4.79 Å². The summed E-state index contributed by atoms with van der Waals surface area (Å²) in [6.45, 7) is 5.86. The molecule has 0 spiro atoms. The lowest BCUT2D eigenvalue weighted by atomic mass is 10.0. The Bertz CT molecular complexity index is 1030. The Kier molecular flexibility index (Phi) is 6.87. The molecule has 1 atom stereocenters. The average molecular weight is 421 g/mol. The Balaban J connectivity index is 1.37. The first-order valence-electron chi connectivity index (χ1n) is 11.2. The molecule has 3 aromatic rings. The number of methoxy groups -OCH3 is 1. The first kappa shape index (κ1) is 21.4. The molecule has 31 heavy (non-hydrogen) atoms. The van der Waals surface area contributed by atoms with Gasteiger partial charge in [0.25, 0.3) is 5.91 Å². The van der Waals surface area contributed by atoms with Crippen LogP contribution in [0.5, 0.6) is 5.75 Å². The number of hydrogen-bond donors (Lipinski definition) is 1. The van der Waals surface area contributed by atoms with Gasteiger partial charge in [-0.25, -0.2) is 0 Å². The zero-order valence-electron chi connectivity index (χ0n) is 18.5. The maximum atomic E-state index is 12.7. The quantitative estimate of drug-likeness (QED) is 0.558. The number of nitrogens with zero attached hydrogens (tertiary/aromatic N) is 3. The van der Waals surface area contributed by atoms with E-state index in [0.29, 0.717) is 24.7 Å². The maximum absolute atomic E-state index is 12.7. The van der Waals surface area contributed by atoms with Crippen LogP contribution in [0.4, 0.5) is 0 Å². The summed E-state index contributed by atoms with van der Waals surface area (Å²) in [5, 5.41) is 8.63. The van der Waals surface area contributed by atoms with Crippen molar-refractivity contribution < 1.29 is 9.53 Å². The molecule has 0 saturated carbocycles. The third-order valence-corrected chi connectivity index (χ3v) is 6.22. The van der Waals surface area contributed by atoms with Gasteiger partial charge in [-0.05, 0) is 62.6 Å². The molecule has 164 valence electrons. The van der Waals surface area contributed by atoms with Crippen LogP contribution in [0.3, 0.4) is 0 Å². The van der Waals surface area contributed by atoms with Gasteiger partial charge in [0.1, 0.15) is 5.75 Å². The second-order valence-corrected chi connectivity index (χ2v) is 8.42. The molecular formula is C25H32N4O2. The number of nitrogens with one attached hydrogen (secondary N) is 1. The monoisotopic (exact) mass is 420 g/mol. The molecule has 0 bridgehead atoms. The molecule has 0 aliphatic carbocycles. The molecule has 1 aromatic heterocycles. The van der Waals surface area contributed by atoms with Crippen molar-refractivity contribution in [3.05, 3.63) is 59.8 Å². The first-order chi connectivity index (χ1) is 15.1. The number of benzene rings is 2. The number of rotatable bonds is 8. The van der Waals surface area contributed by atoms with Gasteiger partial charge in [-0.1, -0.05) is 24.6 Å². The van der Waals surface area contributed by atoms with Crippen molar-refractivity contribution in [1.29, 1.82) is 0 Å². The smallest absolute Gasteiger partial charge is 0.251 e. The highest BCUT2D eigenvalue weighted by Crippen LogP contribution is 2.19. The number of aromatic nitrogens is 2. The largest absolute Gasteiger partial charge is 0.497 e. The number of carbonyl (C=O) groups is 1. The van der Waals surface area contributed by atoms with E-state index in [1.807, 2.05) is 47.3 Å². The van der Waals surface area contributed by atoms with E-state index in [1.165, 1.54) is 25.8 Å². The van der Waals surface area contributed by atoms with Crippen molar-refractivity contribution in [1.82, 2.24) is 20.0 Å². The number of carbonyl (C=O) groups excluding carboxylic acids is 1. The predicted molar refractivity (Wildman–Crippen MR) is 124 cm³/mol. The van der Waals surface area contributed by atoms with E-state index in [1.54, 1.807) is 7.11 Å². The molecule has 0 radical (unpaired) electrons. The summed E-state index contributed by atoms with van der Waals surface area (Å²) in [7, 11) is 1.67. The third kappa shape index (κ3) is 5.25. The molecule has 4 rings (SSSR count). The lowest BCUT2D eigenvalue weighted by molar-refractivity contribution is 0.0949. The highest BCUT2D eigenvalue weighted by molar-refractivity contribution is 5.97. The van der Waals surface area contributed by atoms with Gasteiger partial charge in [-0.2, -0.15) is 5.10 Å². The van der Waals surface area contributed by atoms with Gasteiger partial charge in [0.05, 0.1) is 25.4 Å². The lowest BCUT2D eigenvalue weighted by Gasteiger charge is -2.33. The minimum absolute atomic E-state index is 0.0253. The second kappa shape index (κ2) is 9.96. The average Bonchev–Trinajstić information content (AvgIpc) is 3.19. The Morgan fingerprint density at radius 3 is 2.97 bits per heavy atom. The van der Waals surface area contributed by atoms with Crippen molar-refractivity contribution in [2.45, 2.75) is 45.2 Å². The van der Waals surface area contributed by atoms with Crippen molar-refractivity contribution in [3.8, 4) is 5.75 Å². The number of fused-ring (bicyclic) bond motifs is 1. The van der Waals surface area contributed by atoms with Crippen LogP contribution in [0.2, 0.25) is 0 Å². The molecule has 6 nitrogen and oxygen atoms in total. The summed E-state index contributed by atoms with van der Waals surface area (Å²) >= 11 is 0. The SMILES string of the molecule is COc1cccc(Cn2ncc3ccc(C(=O)NCCCN4CCCCC4C)cc32)c1. The standard InChI is InChI=1S/C25H32N4O2/c1-19-7-3-4-13-28(19)14-6-12-26-25(30)21-10-11-22-17-27-29(24(22)16-21)18-20-8-5-9-23(15-20)31-2/h5,8-11,15-17,19H,3-4,6-7,12-14,18H2,1-2H3,(H,26,30). The van der Waals surface area contributed by atoms with Crippen LogP contribution in [-0.2, 0) is 6.54 Å². The van der Waals surface area contributed by atoms with Gasteiger partial charge in [-0.15, -0.1) is 0 Å².